The summed E-state index contributed by atoms with van der Waals surface area (Å²) in [5.74, 6) is 0.557. The second kappa shape index (κ2) is 17.5. The first-order valence-electron chi connectivity index (χ1n) is 24.3. The summed E-state index contributed by atoms with van der Waals surface area (Å²) < 4.78 is 7.80. The van der Waals surface area contributed by atoms with Gasteiger partial charge in [-0.2, -0.15) is 0 Å². The van der Waals surface area contributed by atoms with E-state index in [4.69, 9.17) is 9.84 Å². The molecule has 1 saturated heterocycles. The van der Waals surface area contributed by atoms with Crippen molar-refractivity contribution in [1.82, 2.24) is 30.1 Å². The number of carbonyl (C=O) groups excluding carboxylic acids is 3. The van der Waals surface area contributed by atoms with Crippen LogP contribution in [0, 0.1) is 56.7 Å². The Hall–Kier alpha value is -4.32. The van der Waals surface area contributed by atoms with Crippen LogP contribution in [0.1, 0.15) is 130 Å². The number of benzene rings is 1. The number of hydrogen-bond acceptors (Lipinski definition) is 8. The van der Waals surface area contributed by atoms with Crippen molar-refractivity contribution in [3.05, 3.63) is 65.5 Å². The average molecular weight is 879 g/mol. The van der Waals surface area contributed by atoms with Gasteiger partial charge in [0.15, 0.2) is 0 Å². The number of likely N-dealkylation sites (N-methyl/N-ethyl adjacent to an activating group) is 1. The Labute approximate surface area is 381 Å². The van der Waals surface area contributed by atoms with Crippen molar-refractivity contribution in [3.63, 3.8) is 0 Å². The van der Waals surface area contributed by atoms with Crippen LogP contribution in [0.3, 0.4) is 0 Å². The zero-order chi connectivity index (χ0) is 45.8. The summed E-state index contributed by atoms with van der Waals surface area (Å²) in [7, 11) is 2.08. The number of aromatic nitrogens is 3. The predicted molar refractivity (Wildman–Crippen MR) is 246 cm³/mol. The molecule has 64 heavy (non-hydrogen) atoms. The first-order valence-corrected chi connectivity index (χ1v) is 24.3. The molecule has 1 aliphatic heterocycles. The lowest BCUT2D eigenvalue weighted by molar-refractivity contribution is -0.249. The highest BCUT2D eigenvalue weighted by Crippen LogP contribution is 2.77. The highest BCUT2D eigenvalue weighted by molar-refractivity contribution is 5.97. The molecule has 0 radical (unpaired) electrons. The van der Waals surface area contributed by atoms with Gasteiger partial charge in [0.1, 0.15) is 11.8 Å². The standard InChI is InChI=1S/C52H74N6O6/c1-34(2)38-18-23-52(47(63)53-31-37-33-58(55-54-37)32-36(30-35-12-10-9-11-13-35)46(62)57-28-26-56(8)27-29-57)25-24-50(6)39(45(38)52)14-15-41-49(5)21-20-42(64-44(61)17-16-43(59)60)48(3,4)40(49)19-22-51(41,50)7/h9-13,30,33,38-42,45H,1,14-29,31-32H2,2-8H3,(H,53,63)(H,59,60)/b36-30+/t38-,39+,40-,41+,42-,45+,49-,50+,51+,52-/m0/s1. The van der Waals surface area contributed by atoms with Crippen molar-refractivity contribution in [1.29, 1.82) is 0 Å². The Balaban J connectivity index is 0.977. The van der Waals surface area contributed by atoms with Crippen LogP contribution in [-0.4, -0.2) is 93.0 Å². The number of aliphatic carboxylic acids is 1. The summed E-state index contributed by atoms with van der Waals surface area (Å²) in [4.78, 5) is 56.9. The number of rotatable bonds is 12. The van der Waals surface area contributed by atoms with E-state index in [1.54, 1.807) is 4.68 Å². The fraction of sp³-hybridized carbons (Fsp3) is 0.692. The lowest BCUT2D eigenvalue weighted by Crippen LogP contribution is -2.67. The summed E-state index contributed by atoms with van der Waals surface area (Å²) in [5, 5.41) is 21.5. The van der Waals surface area contributed by atoms with Gasteiger partial charge in [-0.15, -0.1) is 5.10 Å². The Kier molecular flexibility index (Phi) is 12.6. The molecule has 0 unspecified atom stereocenters. The third kappa shape index (κ3) is 8.05. The molecule has 0 bridgehead atoms. The van der Waals surface area contributed by atoms with Gasteiger partial charge in [-0.25, -0.2) is 4.68 Å². The lowest BCUT2D eigenvalue weighted by Gasteiger charge is -2.72. The number of allylic oxidation sites excluding steroid dienone is 1. The van der Waals surface area contributed by atoms with E-state index in [-0.39, 0.29) is 71.4 Å². The predicted octanol–water partition coefficient (Wildman–Crippen LogP) is 8.19. The van der Waals surface area contributed by atoms with Gasteiger partial charge >= 0.3 is 11.9 Å². The highest BCUT2D eigenvalue weighted by Gasteiger charge is 2.72. The van der Waals surface area contributed by atoms with Crippen molar-refractivity contribution >= 4 is 29.8 Å². The van der Waals surface area contributed by atoms with Gasteiger partial charge in [0.2, 0.25) is 5.91 Å². The van der Waals surface area contributed by atoms with Crippen LogP contribution in [0.5, 0.6) is 0 Å². The van der Waals surface area contributed by atoms with Crippen molar-refractivity contribution in [2.45, 2.75) is 138 Å². The highest BCUT2D eigenvalue weighted by atomic mass is 16.5. The zero-order valence-electron chi connectivity index (χ0n) is 39.7. The number of piperazine rings is 1. The molecule has 1 aromatic heterocycles. The number of ether oxygens (including phenoxy) is 1. The Morgan fingerprint density at radius 3 is 2.31 bits per heavy atom. The van der Waals surface area contributed by atoms with Gasteiger partial charge in [-0.05, 0) is 136 Å². The average Bonchev–Trinajstić information content (AvgIpc) is 3.89. The molecule has 12 heteroatoms. The summed E-state index contributed by atoms with van der Waals surface area (Å²) in [6.45, 7) is 22.6. The number of carbonyl (C=O) groups is 4. The SMILES string of the molecule is C=C(C)[C@@H]1CC[C@]2(C(=O)NCc3cn(C/C(=C\c4ccccc4)C(=O)N4CCN(C)CC4)nn3)CC[C@]3(C)[C@H](CC[C@@H]4[C@@]5(C)CC[C@H](OC(=O)CCC(=O)O)C(C)(C)[C@@H]5CC[C@]43C)[C@@H]12. The van der Waals surface area contributed by atoms with Gasteiger partial charge in [-0.1, -0.05) is 82.3 Å². The Bertz CT molecular complexity index is 2140. The molecule has 2 aromatic rings. The van der Waals surface area contributed by atoms with Crippen LogP contribution < -0.4 is 5.32 Å². The van der Waals surface area contributed by atoms with Crippen LogP contribution in [0.2, 0.25) is 0 Å². The van der Waals surface area contributed by atoms with Crippen molar-refractivity contribution in [2.24, 2.45) is 56.7 Å². The summed E-state index contributed by atoms with van der Waals surface area (Å²) in [6, 6.07) is 9.92. The van der Waals surface area contributed by atoms with Crippen molar-refractivity contribution < 1.29 is 29.0 Å². The van der Waals surface area contributed by atoms with Crippen LogP contribution in [-0.2, 0) is 37.0 Å². The molecule has 0 spiro atoms. The molecule has 10 atom stereocenters. The maximum Gasteiger partial charge on any atom is 0.306 e. The lowest BCUT2D eigenvalue weighted by atomic mass is 9.32. The molecular weight excluding hydrogens is 805 g/mol. The normalized spacial score (nSPS) is 35.9. The molecule has 8 rings (SSSR count). The monoisotopic (exact) mass is 879 g/mol. The molecule has 2 N–H and O–H groups in total. The number of nitrogens with zero attached hydrogens (tertiary/aromatic N) is 5. The van der Waals surface area contributed by atoms with Gasteiger partial charge in [-0.3, -0.25) is 19.2 Å². The summed E-state index contributed by atoms with van der Waals surface area (Å²) in [6.07, 6.45) is 13.2. The van der Waals surface area contributed by atoms with E-state index >= 15 is 0 Å². The number of carboxylic acids is 1. The van der Waals surface area contributed by atoms with E-state index in [1.165, 1.54) is 5.57 Å². The van der Waals surface area contributed by atoms with E-state index < -0.39 is 17.4 Å². The van der Waals surface area contributed by atoms with E-state index in [0.717, 1.165) is 82.9 Å². The van der Waals surface area contributed by atoms with Crippen LogP contribution in [0.25, 0.3) is 6.08 Å². The molecule has 6 aliphatic rings. The molecule has 1 aromatic carbocycles. The molecule has 6 fully saturated rings. The number of esters is 1. The van der Waals surface area contributed by atoms with E-state index in [2.05, 4.69) is 75.7 Å². The third-order valence-corrected chi connectivity index (χ3v) is 18.8. The number of carboxylic acid groups (broad SMARTS) is 1. The molecule has 5 saturated carbocycles. The van der Waals surface area contributed by atoms with Crippen molar-refractivity contribution in [3.8, 4) is 0 Å². The van der Waals surface area contributed by atoms with Gasteiger partial charge in [0.05, 0.1) is 37.5 Å². The Morgan fingerprint density at radius 2 is 1.61 bits per heavy atom. The maximum absolute atomic E-state index is 14.9. The first kappa shape index (κ1) is 46.2. The van der Waals surface area contributed by atoms with Gasteiger partial charge < -0.3 is 25.0 Å². The molecule has 5 aliphatic carbocycles. The molecule has 12 nitrogen and oxygen atoms in total. The quantitative estimate of drug-likeness (QED) is 0.122. The number of amides is 2. The number of nitrogens with one attached hydrogen (secondary N) is 1. The van der Waals surface area contributed by atoms with E-state index in [1.807, 2.05) is 47.5 Å². The molecule has 2 amide bonds. The second-order valence-corrected chi connectivity index (χ2v) is 22.3. The van der Waals surface area contributed by atoms with Gasteiger partial charge in [0.25, 0.3) is 5.91 Å². The minimum atomic E-state index is -0.980. The van der Waals surface area contributed by atoms with Gasteiger partial charge in [0, 0.05) is 37.2 Å². The topological polar surface area (TPSA) is 147 Å². The summed E-state index contributed by atoms with van der Waals surface area (Å²) >= 11 is 0. The minimum absolute atomic E-state index is 0.0142. The van der Waals surface area contributed by atoms with Crippen molar-refractivity contribution in [2.75, 3.05) is 33.2 Å². The molecule has 2 heterocycles. The molecule has 348 valence electrons. The fourth-order valence-corrected chi connectivity index (χ4v) is 15.3. The van der Waals surface area contributed by atoms with E-state index in [0.29, 0.717) is 48.0 Å². The first-order chi connectivity index (χ1) is 30.3. The third-order valence-electron chi connectivity index (χ3n) is 18.8. The second-order valence-electron chi connectivity index (χ2n) is 22.3. The van der Waals surface area contributed by atoms with E-state index in [9.17, 15) is 19.2 Å². The number of fused-ring (bicyclic) bond motifs is 7. The largest absolute Gasteiger partial charge is 0.481 e. The van der Waals surface area contributed by atoms with Crippen LogP contribution in [0.15, 0.2) is 54.3 Å². The number of hydrogen-bond donors (Lipinski definition) is 2. The zero-order valence-corrected chi connectivity index (χ0v) is 39.7. The minimum Gasteiger partial charge on any atom is -0.481 e. The summed E-state index contributed by atoms with van der Waals surface area (Å²) in [5.41, 5.74) is 3.00. The van der Waals surface area contributed by atoms with Crippen LogP contribution in [0.4, 0.5) is 0 Å². The van der Waals surface area contributed by atoms with Crippen LogP contribution >= 0.6 is 0 Å². The molecular formula is C52H74N6O6. The smallest absolute Gasteiger partial charge is 0.306 e. The maximum atomic E-state index is 14.9. The Morgan fingerprint density at radius 1 is 0.875 bits per heavy atom. The fourth-order valence-electron chi connectivity index (χ4n) is 15.3.